The lowest BCUT2D eigenvalue weighted by molar-refractivity contribution is -0.0327. The fourth-order valence-corrected chi connectivity index (χ4v) is 5.77. The minimum Gasteiger partial charge on any atom is -0.495 e. The van der Waals surface area contributed by atoms with E-state index in [2.05, 4.69) is 44.8 Å². The molecule has 1 saturated carbocycles. The number of carbonyl (C=O) groups excluding carboxylic acids is 1. The average molecular weight is 559 g/mol. The maximum Gasteiger partial charge on any atom is 0.446 e. The summed E-state index contributed by atoms with van der Waals surface area (Å²) in [6.07, 6.45) is 2.00. The number of carbonyl (C=O) groups is 1. The molecule has 2 atom stereocenters. The fourth-order valence-electron chi connectivity index (χ4n) is 5.09. The van der Waals surface area contributed by atoms with Crippen molar-refractivity contribution in [2.45, 2.75) is 28.8 Å². The van der Waals surface area contributed by atoms with Crippen LogP contribution >= 0.6 is 11.8 Å². The van der Waals surface area contributed by atoms with Crippen LogP contribution in [0.5, 0.6) is 5.75 Å². The lowest BCUT2D eigenvalue weighted by Gasteiger charge is -2.30. The van der Waals surface area contributed by atoms with E-state index in [4.69, 9.17) is 4.74 Å². The normalized spacial score (nSPS) is 20.5. The Hall–Kier alpha value is -3.56. The molecule has 3 N–H and O–H groups in total. The number of piperidine rings is 1. The van der Waals surface area contributed by atoms with Gasteiger partial charge in [-0.25, -0.2) is 4.52 Å². The van der Waals surface area contributed by atoms with Crippen LogP contribution in [0.1, 0.15) is 28.9 Å². The van der Waals surface area contributed by atoms with Gasteiger partial charge in [0.25, 0.3) is 5.91 Å². The molecule has 12 heteroatoms. The molecular weight excluding hydrogens is 529 g/mol. The van der Waals surface area contributed by atoms with Gasteiger partial charge in [-0.15, -0.1) is 0 Å². The number of methoxy groups -OCH3 is 1. The van der Waals surface area contributed by atoms with E-state index in [-0.39, 0.29) is 40.3 Å². The maximum absolute atomic E-state index is 13.5. The summed E-state index contributed by atoms with van der Waals surface area (Å²) in [6, 6.07) is 10.1. The van der Waals surface area contributed by atoms with Crippen molar-refractivity contribution in [1.82, 2.24) is 19.8 Å². The van der Waals surface area contributed by atoms with Gasteiger partial charge in [-0.05, 0) is 73.8 Å². The van der Waals surface area contributed by atoms with Gasteiger partial charge in [-0.3, -0.25) is 4.79 Å². The van der Waals surface area contributed by atoms with Crippen LogP contribution in [0.15, 0.2) is 41.3 Å². The number of nitrogens with zero attached hydrogens (tertiary/aromatic N) is 3. The molecule has 1 aromatic carbocycles. The van der Waals surface area contributed by atoms with Gasteiger partial charge in [-0.2, -0.15) is 18.3 Å². The van der Waals surface area contributed by atoms with Crippen molar-refractivity contribution >= 4 is 34.7 Å². The summed E-state index contributed by atoms with van der Waals surface area (Å²) in [5, 5.41) is 13.7. The number of ether oxygens (including phenoxy) is 1. The van der Waals surface area contributed by atoms with Crippen LogP contribution in [-0.2, 0) is 0 Å². The molecule has 2 aromatic heterocycles. The van der Waals surface area contributed by atoms with Crippen molar-refractivity contribution in [1.29, 1.82) is 0 Å². The first kappa shape index (κ1) is 27.0. The molecule has 5 rings (SSSR count). The van der Waals surface area contributed by atoms with Gasteiger partial charge < -0.3 is 25.6 Å². The summed E-state index contributed by atoms with van der Waals surface area (Å²) in [5.41, 5.74) is -3.17. The molecule has 3 heterocycles. The molecular formula is C27H29F3N6O2S. The van der Waals surface area contributed by atoms with Crippen molar-refractivity contribution < 1.29 is 22.7 Å². The van der Waals surface area contributed by atoms with E-state index in [9.17, 15) is 18.0 Å². The van der Waals surface area contributed by atoms with Crippen LogP contribution in [0.3, 0.4) is 0 Å². The molecule has 206 valence electrons. The molecule has 1 aliphatic carbocycles. The number of alkyl halides is 3. The number of hydrogen-bond donors (Lipinski definition) is 3. The highest BCUT2D eigenvalue weighted by Gasteiger charge is 2.56. The molecule has 0 spiro atoms. The number of aromatic nitrogens is 2. The van der Waals surface area contributed by atoms with Gasteiger partial charge in [-0.1, -0.05) is 12.0 Å². The summed E-state index contributed by atoms with van der Waals surface area (Å²) in [4.78, 5) is 14.3. The van der Waals surface area contributed by atoms with Crippen LogP contribution in [0.4, 0.5) is 24.7 Å². The van der Waals surface area contributed by atoms with E-state index in [0.717, 1.165) is 25.9 Å². The van der Waals surface area contributed by atoms with Crippen LogP contribution in [-0.4, -0.2) is 72.3 Å². The second-order valence-electron chi connectivity index (χ2n) is 9.78. The highest BCUT2D eigenvalue weighted by atomic mass is 32.2. The molecule has 0 bridgehead atoms. The van der Waals surface area contributed by atoms with Gasteiger partial charge in [0, 0.05) is 31.2 Å². The van der Waals surface area contributed by atoms with Crippen molar-refractivity contribution in [2.75, 3.05) is 51.5 Å². The summed E-state index contributed by atoms with van der Waals surface area (Å²) < 4.78 is 47.5. The third-order valence-corrected chi connectivity index (χ3v) is 8.01. The molecule has 3 aromatic rings. The van der Waals surface area contributed by atoms with E-state index >= 15 is 0 Å². The first-order valence-corrected chi connectivity index (χ1v) is 13.3. The van der Waals surface area contributed by atoms with Crippen molar-refractivity contribution in [3.05, 3.63) is 47.7 Å². The number of hydrogen-bond acceptors (Lipinski definition) is 7. The van der Waals surface area contributed by atoms with E-state index in [1.165, 1.54) is 18.7 Å². The Morgan fingerprint density at radius 3 is 2.85 bits per heavy atom. The number of rotatable bonds is 7. The van der Waals surface area contributed by atoms with E-state index in [1.807, 2.05) is 6.07 Å². The molecule has 0 radical (unpaired) electrons. The van der Waals surface area contributed by atoms with Crippen molar-refractivity contribution in [2.24, 2.45) is 5.92 Å². The largest absolute Gasteiger partial charge is 0.495 e. The van der Waals surface area contributed by atoms with Gasteiger partial charge in [0.2, 0.25) is 0 Å². The first-order valence-electron chi connectivity index (χ1n) is 12.5. The Morgan fingerprint density at radius 1 is 1.31 bits per heavy atom. The molecule has 1 amide bonds. The predicted octanol–water partition coefficient (Wildman–Crippen LogP) is 4.28. The number of fused-ring (bicyclic) bond motifs is 2. The Morgan fingerprint density at radius 2 is 2.13 bits per heavy atom. The van der Waals surface area contributed by atoms with Crippen molar-refractivity contribution in [3.8, 4) is 17.6 Å². The van der Waals surface area contributed by atoms with Crippen LogP contribution in [0.25, 0.3) is 5.52 Å². The molecule has 39 heavy (non-hydrogen) atoms. The molecule has 1 aliphatic heterocycles. The van der Waals surface area contributed by atoms with Crippen LogP contribution < -0.4 is 20.7 Å². The molecule has 0 unspecified atom stereocenters. The second kappa shape index (κ2) is 10.5. The quantitative estimate of drug-likeness (QED) is 0.295. The third-order valence-electron chi connectivity index (χ3n) is 7.17. The topological polar surface area (TPSA) is 82.9 Å². The lowest BCUT2D eigenvalue weighted by Crippen LogP contribution is -2.39. The van der Waals surface area contributed by atoms with Gasteiger partial charge in [0.15, 0.2) is 0 Å². The van der Waals surface area contributed by atoms with Gasteiger partial charge in [0.05, 0.1) is 29.8 Å². The number of benzene rings is 1. The molecule has 2 fully saturated rings. The highest BCUT2D eigenvalue weighted by molar-refractivity contribution is 8.00. The Balaban J connectivity index is 1.41. The minimum atomic E-state index is -4.50. The number of likely N-dealkylation sites (tertiary alicyclic amines) is 1. The Labute approximate surface area is 228 Å². The number of pyridine rings is 1. The van der Waals surface area contributed by atoms with E-state index in [0.29, 0.717) is 34.3 Å². The number of halogens is 3. The zero-order valence-corrected chi connectivity index (χ0v) is 22.6. The molecule has 1 saturated heterocycles. The highest BCUT2D eigenvalue weighted by Crippen LogP contribution is 2.51. The summed E-state index contributed by atoms with van der Waals surface area (Å²) in [5.74, 6) is 7.11. The number of anilines is 2. The maximum atomic E-state index is 13.5. The number of nitrogens with one attached hydrogen (secondary N) is 3. The van der Waals surface area contributed by atoms with E-state index in [1.54, 1.807) is 30.3 Å². The van der Waals surface area contributed by atoms with Gasteiger partial charge in [0.1, 0.15) is 17.3 Å². The lowest BCUT2D eigenvalue weighted by atomic mass is 10.1. The number of thioether (sulfide) groups is 1. The Bertz CT molecular complexity index is 1460. The summed E-state index contributed by atoms with van der Waals surface area (Å²) >= 11 is -0.209. The molecule has 8 nitrogen and oxygen atoms in total. The van der Waals surface area contributed by atoms with Gasteiger partial charge >= 0.3 is 5.51 Å². The average Bonchev–Trinajstić information content (AvgIpc) is 3.50. The third kappa shape index (κ3) is 5.74. The summed E-state index contributed by atoms with van der Waals surface area (Å²) in [6.45, 7) is 2.06. The first-order chi connectivity index (χ1) is 18.6. The number of amides is 1. The molecule has 2 aliphatic rings. The SMILES string of the molecule is CNC(=O)c1ccc(OC)c(NCC#Cc2nn3c(N[C@]45CCN(C)C[C@H]4C5)cccc3c2SC(F)(F)F)c1. The zero-order chi connectivity index (χ0) is 27.8. The zero-order valence-electron chi connectivity index (χ0n) is 21.8. The fraction of sp³-hybridized carbons (Fsp3) is 0.407. The Kier molecular flexibility index (Phi) is 7.31. The predicted molar refractivity (Wildman–Crippen MR) is 145 cm³/mol. The second-order valence-corrected chi connectivity index (χ2v) is 10.9. The smallest absolute Gasteiger partial charge is 0.446 e. The van der Waals surface area contributed by atoms with Crippen molar-refractivity contribution in [3.63, 3.8) is 0 Å². The van der Waals surface area contributed by atoms with Crippen LogP contribution in [0, 0.1) is 17.8 Å². The van der Waals surface area contributed by atoms with E-state index < -0.39 is 5.51 Å². The monoisotopic (exact) mass is 558 g/mol. The minimum absolute atomic E-state index is 0.0360. The summed E-state index contributed by atoms with van der Waals surface area (Å²) in [7, 11) is 5.14. The standard InChI is InChI=1S/C27H29F3N6O2S/c1-31-25(37)17-9-10-22(38-3)20(14-17)32-12-5-6-19-24(39-27(28,29)30)21-7-4-8-23(36(21)34-19)33-26-11-13-35(2)16-18(26)15-26/h4,7-10,14,18,32-33H,11-13,15-16H2,1-3H3,(H,31,37)/t18-,26+/m1/s1. The van der Waals surface area contributed by atoms with Crippen LogP contribution in [0.2, 0.25) is 0 Å².